The van der Waals surface area contributed by atoms with Gasteiger partial charge in [0.2, 0.25) is 0 Å². The number of pyridine rings is 1. The number of carbonyl (C=O) groups is 1. The van der Waals surface area contributed by atoms with E-state index in [1.54, 1.807) is 45.1 Å². The van der Waals surface area contributed by atoms with E-state index in [0.29, 0.717) is 36.7 Å². The Kier molecular flexibility index (Phi) is 5.41. The van der Waals surface area contributed by atoms with Crippen molar-refractivity contribution < 1.29 is 14.3 Å². The molecule has 150 valence electrons. The van der Waals surface area contributed by atoms with Crippen LogP contribution in [0.25, 0.3) is 10.9 Å². The highest BCUT2D eigenvalue weighted by Gasteiger charge is 2.22. The molecule has 0 aliphatic carbocycles. The number of aromatic nitrogens is 3. The first-order chi connectivity index (χ1) is 14.2. The standard InChI is InChI=1S/C21H23N5O3/c1-28-18-12-16-17(13-19(18)29-2)23-14-24-20(16)25-8-3-9-26(11-10-25)21(27)15-4-6-22-7-5-15/h4-7,12-14H,3,8-11H2,1-2H3. The molecule has 1 fully saturated rings. The van der Waals surface area contributed by atoms with E-state index in [1.807, 2.05) is 17.0 Å². The van der Waals surface area contributed by atoms with Gasteiger partial charge in [0.15, 0.2) is 11.5 Å². The van der Waals surface area contributed by atoms with Crippen LogP contribution < -0.4 is 14.4 Å². The number of anilines is 1. The number of methoxy groups -OCH3 is 2. The van der Waals surface area contributed by atoms with Crippen molar-refractivity contribution in [2.75, 3.05) is 45.3 Å². The summed E-state index contributed by atoms with van der Waals surface area (Å²) in [6, 6.07) is 7.27. The molecule has 0 saturated carbocycles. The van der Waals surface area contributed by atoms with Gasteiger partial charge >= 0.3 is 0 Å². The molecule has 3 heterocycles. The van der Waals surface area contributed by atoms with Crippen LogP contribution in [0.3, 0.4) is 0 Å². The van der Waals surface area contributed by atoms with Gasteiger partial charge in [0, 0.05) is 55.6 Å². The molecule has 1 aromatic carbocycles. The van der Waals surface area contributed by atoms with Gasteiger partial charge in [-0.3, -0.25) is 9.78 Å². The highest BCUT2D eigenvalue weighted by Crippen LogP contribution is 2.34. The van der Waals surface area contributed by atoms with Crippen molar-refractivity contribution in [2.45, 2.75) is 6.42 Å². The molecule has 4 rings (SSSR count). The minimum absolute atomic E-state index is 0.0354. The van der Waals surface area contributed by atoms with Gasteiger partial charge in [-0.05, 0) is 24.6 Å². The number of carbonyl (C=O) groups excluding carboxylic acids is 1. The van der Waals surface area contributed by atoms with Gasteiger partial charge in [-0.2, -0.15) is 0 Å². The summed E-state index contributed by atoms with van der Waals surface area (Å²) in [5.74, 6) is 2.15. The Labute approximate surface area is 169 Å². The third-order valence-electron chi connectivity index (χ3n) is 5.13. The summed E-state index contributed by atoms with van der Waals surface area (Å²) in [5, 5.41) is 0.902. The average molecular weight is 393 g/mol. The zero-order valence-electron chi connectivity index (χ0n) is 16.5. The number of nitrogens with zero attached hydrogens (tertiary/aromatic N) is 5. The molecule has 3 aromatic rings. The molecule has 8 nitrogen and oxygen atoms in total. The molecule has 0 unspecified atom stereocenters. The first kappa shape index (κ1) is 18.9. The SMILES string of the molecule is COc1cc2ncnc(N3CCCN(C(=O)c4ccncc4)CC3)c2cc1OC. The average Bonchev–Trinajstić information content (AvgIpc) is 3.04. The normalized spacial score (nSPS) is 14.6. The van der Waals surface area contributed by atoms with Gasteiger partial charge in [-0.25, -0.2) is 9.97 Å². The Bertz CT molecular complexity index is 1010. The lowest BCUT2D eigenvalue weighted by Gasteiger charge is -2.24. The number of rotatable bonds is 4. The molecule has 0 radical (unpaired) electrons. The van der Waals surface area contributed by atoms with E-state index >= 15 is 0 Å². The summed E-state index contributed by atoms with van der Waals surface area (Å²) in [6.07, 6.45) is 5.71. The molecule has 1 amide bonds. The van der Waals surface area contributed by atoms with Gasteiger partial charge in [-0.15, -0.1) is 0 Å². The fourth-order valence-corrected chi connectivity index (χ4v) is 3.63. The predicted octanol–water partition coefficient (Wildman–Crippen LogP) is 2.39. The Hall–Kier alpha value is -3.42. The fraction of sp³-hybridized carbons (Fsp3) is 0.333. The zero-order valence-corrected chi connectivity index (χ0v) is 16.5. The molecule has 1 aliphatic rings. The Balaban J connectivity index is 1.59. The highest BCUT2D eigenvalue weighted by atomic mass is 16.5. The molecule has 1 saturated heterocycles. The maximum absolute atomic E-state index is 12.8. The number of hydrogen-bond donors (Lipinski definition) is 0. The lowest BCUT2D eigenvalue weighted by atomic mass is 10.2. The number of fused-ring (bicyclic) bond motifs is 1. The second kappa shape index (κ2) is 8.30. The summed E-state index contributed by atoms with van der Waals surface area (Å²) < 4.78 is 10.8. The van der Waals surface area contributed by atoms with Gasteiger partial charge in [0.1, 0.15) is 12.1 Å². The third kappa shape index (κ3) is 3.78. The van der Waals surface area contributed by atoms with Crippen LogP contribution in [0, 0.1) is 0 Å². The quantitative estimate of drug-likeness (QED) is 0.673. The number of hydrogen-bond acceptors (Lipinski definition) is 7. The Morgan fingerprint density at radius 2 is 1.72 bits per heavy atom. The topological polar surface area (TPSA) is 80.7 Å². The van der Waals surface area contributed by atoms with E-state index in [0.717, 1.165) is 29.7 Å². The van der Waals surface area contributed by atoms with Crippen molar-refractivity contribution in [3.63, 3.8) is 0 Å². The molecular formula is C21H23N5O3. The van der Waals surface area contributed by atoms with Crippen LogP contribution in [0.1, 0.15) is 16.8 Å². The molecule has 2 aromatic heterocycles. The fourth-order valence-electron chi connectivity index (χ4n) is 3.63. The second-order valence-electron chi connectivity index (χ2n) is 6.79. The molecular weight excluding hydrogens is 370 g/mol. The van der Waals surface area contributed by atoms with Crippen LogP contribution in [0.4, 0.5) is 5.82 Å². The molecule has 29 heavy (non-hydrogen) atoms. The van der Waals surface area contributed by atoms with Gasteiger partial charge in [0.25, 0.3) is 5.91 Å². The second-order valence-corrected chi connectivity index (χ2v) is 6.79. The number of benzene rings is 1. The Morgan fingerprint density at radius 3 is 2.48 bits per heavy atom. The highest BCUT2D eigenvalue weighted by molar-refractivity contribution is 5.94. The summed E-state index contributed by atoms with van der Waals surface area (Å²) in [4.78, 5) is 29.8. The van der Waals surface area contributed by atoms with E-state index in [1.165, 1.54) is 0 Å². The van der Waals surface area contributed by atoms with E-state index in [4.69, 9.17) is 9.47 Å². The number of ether oxygens (including phenoxy) is 2. The largest absolute Gasteiger partial charge is 0.493 e. The molecule has 0 bridgehead atoms. The lowest BCUT2D eigenvalue weighted by molar-refractivity contribution is 0.0767. The van der Waals surface area contributed by atoms with Crippen LogP contribution >= 0.6 is 0 Å². The van der Waals surface area contributed by atoms with Crippen LogP contribution in [0.15, 0.2) is 43.0 Å². The predicted molar refractivity (Wildman–Crippen MR) is 110 cm³/mol. The van der Waals surface area contributed by atoms with Crippen molar-refractivity contribution in [3.8, 4) is 11.5 Å². The van der Waals surface area contributed by atoms with Crippen molar-refractivity contribution in [1.82, 2.24) is 19.9 Å². The summed E-state index contributed by atoms with van der Waals surface area (Å²) in [7, 11) is 3.22. The van der Waals surface area contributed by atoms with Gasteiger partial charge < -0.3 is 19.3 Å². The minimum Gasteiger partial charge on any atom is -0.493 e. The van der Waals surface area contributed by atoms with Crippen molar-refractivity contribution in [2.24, 2.45) is 0 Å². The van der Waals surface area contributed by atoms with Crippen LogP contribution in [0.5, 0.6) is 11.5 Å². The Morgan fingerprint density at radius 1 is 0.966 bits per heavy atom. The maximum Gasteiger partial charge on any atom is 0.254 e. The number of amides is 1. The van der Waals surface area contributed by atoms with Crippen LogP contribution in [0.2, 0.25) is 0 Å². The minimum atomic E-state index is 0.0354. The molecule has 1 aliphatic heterocycles. The third-order valence-corrected chi connectivity index (χ3v) is 5.13. The van der Waals surface area contributed by atoms with Crippen LogP contribution in [-0.2, 0) is 0 Å². The first-order valence-electron chi connectivity index (χ1n) is 9.52. The van der Waals surface area contributed by atoms with Crippen molar-refractivity contribution in [3.05, 3.63) is 48.5 Å². The first-order valence-corrected chi connectivity index (χ1v) is 9.52. The van der Waals surface area contributed by atoms with Crippen molar-refractivity contribution >= 4 is 22.6 Å². The zero-order chi connectivity index (χ0) is 20.2. The van der Waals surface area contributed by atoms with E-state index in [-0.39, 0.29) is 5.91 Å². The monoisotopic (exact) mass is 393 g/mol. The molecule has 0 atom stereocenters. The smallest absolute Gasteiger partial charge is 0.254 e. The van der Waals surface area contributed by atoms with E-state index in [2.05, 4.69) is 19.9 Å². The summed E-state index contributed by atoms with van der Waals surface area (Å²) >= 11 is 0. The maximum atomic E-state index is 12.8. The van der Waals surface area contributed by atoms with Gasteiger partial charge in [-0.1, -0.05) is 0 Å². The lowest BCUT2D eigenvalue weighted by Crippen LogP contribution is -2.35. The molecule has 8 heteroatoms. The van der Waals surface area contributed by atoms with E-state index in [9.17, 15) is 4.79 Å². The van der Waals surface area contributed by atoms with Gasteiger partial charge in [0.05, 0.1) is 19.7 Å². The summed E-state index contributed by atoms with van der Waals surface area (Å²) in [6.45, 7) is 2.83. The molecule has 0 N–H and O–H groups in total. The molecule has 0 spiro atoms. The summed E-state index contributed by atoms with van der Waals surface area (Å²) in [5.41, 5.74) is 1.46. The van der Waals surface area contributed by atoms with E-state index < -0.39 is 0 Å². The van der Waals surface area contributed by atoms with Crippen LogP contribution in [-0.4, -0.2) is 66.2 Å². The van der Waals surface area contributed by atoms with Crippen molar-refractivity contribution in [1.29, 1.82) is 0 Å².